The molecule has 0 saturated heterocycles. The summed E-state index contributed by atoms with van der Waals surface area (Å²) in [5, 5.41) is 4.17. The van der Waals surface area contributed by atoms with E-state index in [1.54, 1.807) is 24.1 Å². The van der Waals surface area contributed by atoms with Crippen molar-refractivity contribution in [3.63, 3.8) is 0 Å². The molecular weight excluding hydrogens is 309 g/mol. The first kappa shape index (κ1) is 14.3. The molecule has 0 aliphatic rings. The molecule has 0 unspecified atom stereocenters. The lowest BCUT2D eigenvalue weighted by atomic mass is 10.4. The van der Waals surface area contributed by atoms with Crippen LogP contribution in [-0.4, -0.2) is 18.2 Å². The molecule has 1 heterocycles. The van der Waals surface area contributed by atoms with E-state index in [-0.39, 0.29) is 21.5 Å². The molecule has 0 saturated carbocycles. The van der Waals surface area contributed by atoms with Gasteiger partial charge < -0.3 is 0 Å². The highest BCUT2D eigenvalue weighted by atomic mass is 35.5. The summed E-state index contributed by atoms with van der Waals surface area (Å²) in [5.41, 5.74) is 0.754. The second-order valence-electron chi connectivity index (χ2n) is 3.90. The summed E-state index contributed by atoms with van der Waals surface area (Å²) < 4.78 is 28.2. The molecule has 1 N–H and O–H groups in total. The Balaban J connectivity index is 2.21. The third-order valence-corrected chi connectivity index (χ3v) is 4.80. The van der Waals surface area contributed by atoms with Crippen LogP contribution in [-0.2, 0) is 23.6 Å². The normalized spacial score (nSPS) is 11.7. The van der Waals surface area contributed by atoms with Crippen molar-refractivity contribution in [3.05, 3.63) is 46.2 Å². The van der Waals surface area contributed by atoms with E-state index in [9.17, 15) is 8.42 Å². The van der Waals surface area contributed by atoms with Crippen LogP contribution < -0.4 is 4.72 Å². The summed E-state index contributed by atoms with van der Waals surface area (Å²) in [6.07, 6.45) is 3.31. The maximum absolute atomic E-state index is 12.1. The summed E-state index contributed by atoms with van der Waals surface area (Å²) in [4.78, 5) is -0.0365. The van der Waals surface area contributed by atoms with Gasteiger partial charge in [-0.15, -0.1) is 0 Å². The number of nitrogens with one attached hydrogen (secondary N) is 1. The lowest BCUT2D eigenvalue weighted by Crippen LogP contribution is -2.23. The van der Waals surface area contributed by atoms with Gasteiger partial charge in [0.15, 0.2) is 0 Å². The zero-order chi connectivity index (χ0) is 14.0. The maximum atomic E-state index is 12.1. The number of rotatable bonds is 4. The lowest BCUT2D eigenvalue weighted by molar-refractivity contribution is 0.581. The van der Waals surface area contributed by atoms with E-state index in [1.807, 2.05) is 0 Å². The number of hydrogen-bond acceptors (Lipinski definition) is 3. The van der Waals surface area contributed by atoms with Crippen LogP contribution in [0, 0.1) is 0 Å². The van der Waals surface area contributed by atoms with E-state index in [1.165, 1.54) is 18.2 Å². The molecule has 0 amide bonds. The predicted octanol–water partition coefficient (Wildman–Crippen LogP) is 2.21. The van der Waals surface area contributed by atoms with E-state index in [0.717, 1.165) is 5.56 Å². The number of aryl methyl sites for hydroxylation is 1. The summed E-state index contributed by atoms with van der Waals surface area (Å²) >= 11 is 11.7. The Bertz CT molecular complexity index is 698. The molecule has 0 radical (unpaired) electrons. The predicted molar refractivity (Wildman–Crippen MR) is 73.7 cm³/mol. The molecule has 102 valence electrons. The van der Waals surface area contributed by atoms with Gasteiger partial charge in [-0.25, -0.2) is 13.1 Å². The van der Waals surface area contributed by atoms with Gasteiger partial charge >= 0.3 is 0 Å². The van der Waals surface area contributed by atoms with Crippen LogP contribution >= 0.6 is 23.2 Å². The minimum absolute atomic E-state index is 0.0165. The number of benzene rings is 1. The van der Waals surface area contributed by atoms with Gasteiger partial charge in [0.25, 0.3) is 0 Å². The first-order valence-electron chi connectivity index (χ1n) is 5.31. The zero-order valence-corrected chi connectivity index (χ0v) is 12.3. The summed E-state index contributed by atoms with van der Waals surface area (Å²) in [6.45, 7) is 0.138. The molecule has 0 bridgehead atoms. The van der Waals surface area contributed by atoms with Crippen molar-refractivity contribution in [1.29, 1.82) is 0 Å². The van der Waals surface area contributed by atoms with E-state index in [0.29, 0.717) is 0 Å². The number of aromatic nitrogens is 2. The fourth-order valence-corrected chi connectivity index (χ4v) is 3.29. The average Bonchev–Trinajstić information content (AvgIpc) is 2.76. The Morgan fingerprint density at radius 2 is 2.11 bits per heavy atom. The van der Waals surface area contributed by atoms with Crippen LogP contribution in [0.2, 0.25) is 10.0 Å². The van der Waals surface area contributed by atoms with E-state index in [2.05, 4.69) is 9.82 Å². The fourth-order valence-electron chi connectivity index (χ4n) is 1.51. The smallest absolute Gasteiger partial charge is 0.242 e. The Morgan fingerprint density at radius 3 is 2.74 bits per heavy atom. The molecule has 0 atom stereocenters. The van der Waals surface area contributed by atoms with Crippen LogP contribution in [0.5, 0.6) is 0 Å². The van der Waals surface area contributed by atoms with Crippen molar-refractivity contribution in [1.82, 2.24) is 14.5 Å². The third kappa shape index (κ3) is 3.27. The van der Waals surface area contributed by atoms with Gasteiger partial charge in [-0.1, -0.05) is 29.3 Å². The number of halogens is 2. The quantitative estimate of drug-likeness (QED) is 0.939. The van der Waals surface area contributed by atoms with E-state index >= 15 is 0 Å². The largest absolute Gasteiger partial charge is 0.275 e. The van der Waals surface area contributed by atoms with Crippen LogP contribution in [0.1, 0.15) is 5.56 Å². The monoisotopic (exact) mass is 319 g/mol. The van der Waals surface area contributed by atoms with Crippen molar-refractivity contribution >= 4 is 33.2 Å². The zero-order valence-electron chi connectivity index (χ0n) is 9.97. The van der Waals surface area contributed by atoms with Gasteiger partial charge in [0, 0.05) is 25.4 Å². The maximum Gasteiger partial charge on any atom is 0.242 e. The van der Waals surface area contributed by atoms with Gasteiger partial charge in [-0.05, 0) is 12.1 Å². The highest BCUT2D eigenvalue weighted by Crippen LogP contribution is 2.28. The Hall–Kier alpha value is -1.08. The number of nitrogens with zero attached hydrogens (tertiary/aromatic N) is 2. The first-order valence-corrected chi connectivity index (χ1v) is 7.55. The highest BCUT2D eigenvalue weighted by Gasteiger charge is 2.19. The summed E-state index contributed by atoms with van der Waals surface area (Å²) in [5.74, 6) is 0. The third-order valence-electron chi connectivity index (χ3n) is 2.43. The van der Waals surface area contributed by atoms with Gasteiger partial charge in [0.05, 0.1) is 16.2 Å². The van der Waals surface area contributed by atoms with Crippen molar-refractivity contribution in [2.45, 2.75) is 11.4 Å². The van der Waals surface area contributed by atoms with Crippen LogP contribution in [0.3, 0.4) is 0 Å². The van der Waals surface area contributed by atoms with Gasteiger partial charge in [0.1, 0.15) is 4.90 Å². The minimum Gasteiger partial charge on any atom is -0.275 e. The first-order chi connectivity index (χ1) is 8.90. The molecular formula is C11H11Cl2N3O2S. The van der Waals surface area contributed by atoms with Gasteiger partial charge in [-0.3, -0.25) is 4.68 Å². The van der Waals surface area contributed by atoms with Crippen LogP contribution in [0.25, 0.3) is 0 Å². The molecule has 1 aromatic carbocycles. The Labute approximate surface area is 121 Å². The van der Waals surface area contributed by atoms with Crippen molar-refractivity contribution < 1.29 is 8.42 Å². The van der Waals surface area contributed by atoms with E-state index < -0.39 is 10.0 Å². The minimum atomic E-state index is -3.71. The topological polar surface area (TPSA) is 64.0 Å². The molecule has 0 spiro atoms. The average molecular weight is 320 g/mol. The second-order valence-corrected chi connectivity index (χ2v) is 6.42. The van der Waals surface area contributed by atoms with Crippen molar-refractivity contribution in [2.75, 3.05) is 0 Å². The SMILES string of the molecule is Cn1cc(CNS(=O)(=O)c2cccc(Cl)c2Cl)cn1. The molecule has 5 nitrogen and oxygen atoms in total. The van der Waals surface area contributed by atoms with Crippen LogP contribution in [0.15, 0.2) is 35.5 Å². The van der Waals surface area contributed by atoms with Gasteiger partial charge in [-0.2, -0.15) is 5.10 Å². The standard InChI is InChI=1S/C11H11Cl2N3O2S/c1-16-7-8(5-14-16)6-15-19(17,18)10-4-2-3-9(12)11(10)13/h2-5,7,15H,6H2,1H3. The molecule has 0 aliphatic carbocycles. The molecule has 0 aliphatic heterocycles. The fraction of sp³-hybridized carbons (Fsp3) is 0.182. The molecule has 19 heavy (non-hydrogen) atoms. The molecule has 8 heteroatoms. The molecule has 1 aromatic heterocycles. The lowest BCUT2D eigenvalue weighted by Gasteiger charge is -2.08. The molecule has 2 rings (SSSR count). The van der Waals surface area contributed by atoms with Crippen molar-refractivity contribution in [3.8, 4) is 0 Å². The number of sulfonamides is 1. The molecule has 2 aromatic rings. The van der Waals surface area contributed by atoms with E-state index in [4.69, 9.17) is 23.2 Å². The Kier molecular flexibility index (Phi) is 4.15. The highest BCUT2D eigenvalue weighted by molar-refractivity contribution is 7.89. The van der Waals surface area contributed by atoms with Crippen molar-refractivity contribution in [2.24, 2.45) is 7.05 Å². The Morgan fingerprint density at radius 1 is 1.37 bits per heavy atom. The second kappa shape index (κ2) is 5.50. The summed E-state index contributed by atoms with van der Waals surface area (Å²) in [7, 11) is -1.95. The van der Waals surface area contributed by atoms with Crippen LogP contribution in [0.4, 0.5) is 0 Å². The summed E-state index contributed by atoms with van der Waals surface area (Å²) in [6, 6.07) is 4.47. The molecule has 0 fully saturated rings. The number of hydrogen-bond donors (Lipinski definition) is 1. The van der Waals surface area contributed by atoms with Gasteiger partial charge in [0.2, 0.25) is 10.0 Å².